The van der Waals surface area contributed by atoms with E-state index in [0.717, 1.165) is 6.08 Å². The van der Waals surface area contributed by atoms with Crippen LogP contribution in [0.5, 0.6) is 0 Å². The number of ether oxygens (including phenoxy) is 8. The van der Waals surface area contributed by atoms with Crippen LogP contribution in [0, 0.1) is 0 Å². The molecular formula is C33H45NO10. The average Bonchev–Trinajstić information content (AvgIpc) is 3.37. The summed E-state index contributed by atoms with van der Waals surface area (Å²) >= 11 is 0. The second-order valence-electron chi connectivity index (χ2n) is 9.77. The number of carbonyl (C=O) groups excluding carboxylic acids is 2. The lowest BCUT2D eigenvalue weighted by Crippen LogP contribution is -2.32. The highest BCUT2D eigenvalue weighted by atomic mass is 16.6. The van der Waals surface area contributed by atoms with E-state index in [-0.39, 0.29) is 18.6 Å². The van der Waals surface area contributed by atoms with Crippen molar-refractivity contribution in [1.82, 2.24) is 4.90 Å². The van der Waals surface area contributed by atoms with Gasteiger partial charge in [-0.3, -0.25) is 0 Å². The summed E-state index contributed by atoms with van der Waals surface area (Å²) in [5, 5.41) is 0. The molecule has 0 N–H and O–H groups in total. The van der Waals surface area contributed by atoms with Gasteiger partial charge in [0.2, 0.25) is 0 Å². The van der Waals surface area contributed by atoms with Gasteiger partial charge in [-0.25, -0.2) is 9.59 Å². The number of esters is 1. The number of nitrogens with zero attached hydrogens (tertiary/aromatic N) is 1. The normalized spacial score (nSPS) is 12.0. The van der Waals surface area contributed by atoms with Crippen molar-refractivity contribution >= 4 is 12.1 Å². The zero-order chi connectivity index (χ0) is 31.2. The largest absolute Gasteiger partial charge is 0.460 e. The Balaban J connectivity index is 1.07. The molecular weight excluding hydrogens is 570 g/mol. The molecule has 0 heterocycles. The smallest absolute Gasteiger partial charge is 0.409 e. The van der Waals surface area contributed by atoms with Crippen molar-refractivity contribution < 1.29 is 47.5 Å². The second-order valence-corrected chi connectivity index (χ2v) is 9.77. The minimum atomic E-state index is -0.463. The molecule has 0 atom stereocenters. The number of amides is 1. The Morgan fingerprint density at radius 1 is 0.636 bits per heavy atom. The number of fused-ring (bicyclic) bond motifs is 3. The van der Waals surface area contributed by atoms with Gasteiger partial charge in [-0.2, -0.15) is 0 Å². The second kappa shape index (κ2) is 21.4. The summed E-state index contributed by atoms with van der Waals surface area (Å²) < 4.78 is 43.1. The first-order chi connectivity index (χ1) is 21.6. The number of hydrogen-bond donors (Lipinski definition) is 0. The molecule has 0 aromatic heterocycles. The van der Waals surface area contributed by atoms with Crippen molar-refractivity contribution in [3.05, 3.63) is 72.3 Å². The fraction of sp³-hybridized carbons (Fsp3) is 0.515. The molecule has 1 amide bonds. The van der Waals surface area contributed by atoms with E-state index < -0.39 is 5.97 Å². The molecule has 2 aromatic carbocycles. The summed E-state index contributed by atoms with van der Waals surface area (Å²) in [5.74, 6) is -0.425. The SMILES string of the molecule is C=CC(=O)OCCOCCOCCOCCOCCOCCOCCN(C)C(=O)OCC1c2ccccc2-c2ccccc21. The van der Waals surface area contributed by atoms with E-state index in [2.05, 4.69) is 30.8 Å². The molecule has 0 aliphatic heterocycles. The monoisotopic (exact) mass is 615 g/mol. The van der Waals surface area contributed by atoms with E-state index in [9.17, 15) is 9.59 Å². The van der Waals surface area contributed by atoms with Crippen molar-refractivity contribution in [2.45, 2.75) is 5.92 Å². The van der Waals surface area contributed by atoms with E-state index in [1.807, 2.05) is 24.3 Å². The fourth-order valence-electron chi connectivity index (χ4n) is 4.46. The summed E-state index contributed by atoms with van der Waals surface area (Å²) in [7, 11) is 1.71. The van der Waals surface area contributed by atoms with Gasteiger partial charge in [0, 0.05) is 25.6 Å². The summed E-state index contributed by atoms with van der Waals surface area (Å²) in [6, 6.07) is 16.5. The maximum atomic E-state index is 12.6. The van der Waals surface area contributed by atoms with Gasteiger partial charge in [0.1, 0.15) is 13.2 Å². The Kier molecular flexibility index (Phi) is 17.1. The van der Waals surface area contributed by atoms with E-state index in [4.69, 9.17) is 37.9 Å². The van der Waals surface area contributed by atoms with Crippen LogP contribution in [0.2, 0.25) is 0 Å². The average molecular weight is 616 g/mol. The molecule has 2 aromatic rings. The minimum absolute atomic E-state index is 0.0383. The molecule has 0 unspecified atom stereocenters. The van der Waals surface area contributed by atoms with Gasteiger partial charge in [-0.1, -0.05) is 55.1 Å². The highest BCUT2D eigenvalue weighted by Gasteiger charge is 2.29. The molecule has 3 rings (SSSR count). The van der Waals surface area contributed by atoms with Gasteiger partial charge < -0.3 is 42.8 Å². The van der Waals surface area contributed by atoms with Gasteiger partial charge in [0.15, 0.2) is 0 Å². The number of benzene rings is 2. The van der Waals surface area contributed by atoms with Crippen LogP contribution in [-0.2, 0) is 42.7 Å². The lowest BCUT2D eigenvalue weighted by Gasteiger charge is -2.19. The predicted octanol–water partition coefficient (Wildman–Crippen LogP) is 3.70. The first-order valence-electron chi connectivity index (χ1n) is 14.9. The van der Waals surface area contributed by atoms with Crippen LogP contribution >= 0.6 is 0 Å². The van der Waals surface area contributed by atoms with Crippen LogP contribution in [0.1, 0.15) is 17.0 Å². The third-order valence-corrected chi connectivity index (χ3v) is 6.72. The molecule has 0 spiro atoms. The van der Waals surface area contributed by atoms with Crippen LogP contribution in [0.25, 0.3) is 11.1 Å². The lowest BCUT2D eigenvalue weighted by molar-refractivity contribution is -0.139. The maximum absolute atomic E-state index is 12.6. The van der Waals surface area contributed by atoms with E-state index >= 15 is 0 Å². The zero-order valence-corrected chi connectivity index (χ0v) is 25.6. The van der Waals surface area contributed by atoms with E-state index in [1.165, 1.54) is 27.2 Å². The van der Waals surface area contributed by atoms with Crippen LogP contribution in [0.15, 0.2) is 61.2 Å². The van der Waals surface area contributed by atoms with Crippen LogP contribution in [-0.4, -0.2) is 123 Å². The van der Waals surface area contributed by atoms with Crippen LogP contribution < -0.4 is 0 Å². The fourth-order valence-corrected chi connectivity index (χ4v) is 4.46. The van der Waals surface area contributed by atoms with Gasteiger partial charge in [0.25, 0.3) is 0 Å². The number of rotatable bonds is 24. The van der Waals surface area contributed by atoms with Crippen molar-refractivity contribution in [2.24, 2.45) is 0 Å². The highest BCUT2D eigenvalue weighted by molar-refractivity contribution is 5.81. The Morgan fingerprint density at radius 3 is 1.50 bits per heavy atom. The summed E-state index contributed by atoms with van der Waals surface area (Å²) in [4.78, 5) is 24.9. The predicted molar refractivity (Wildman–Crippen MR) is 164 cm³/mol. The number of carbonyl (C=O) groups is 2. The summed E-state index contributed by atoms with van der Waals surface area (Å²) in [5.41, 5.74) is 4.79. The molecule has 44 heavy (non-hydrogen) atoms. The van der Waals surface area contributed by atoms with Crippen molar-refractivity contribution in [1.29, 1.82) is 0 Å². The first-order valence-corrected chi connectivity index (χ1v) is 14.9. The third kappa shape index (κ3) is 12.7. The van der Waals surface area contributed by atoms with Crippen molar-refractivity contribution in [3.63, 3.8) is 0 Å². The molecule has 242 valence electrons. The van der Waals surface area contributed by atoms with Gasteiger partial charge in [0.05, 0.1) is 79.3 Å². The van der Waals surface area contributed by atoms with Gasteiger partial charge in [-0.05, 0) is 22.3 Å². The Labute approximate surface area is 259 Å². The van der Waals surface area contributed by atoms with Crippen molar-refractivity contribution in [2.75, 3.05) is 106 Å². The molecule has 0 fully saturated rings. The van der Waals surface area contributed by atoms with E-state index in [1.54, 1.807) is 7.05 Å². The Hall–Kier alpha value is -3.32. The Morgan fingerprint density at radius 2 is 1.05 bits per heavy atom. The first kappa shape index (κ1) is 35.2. The van der Waals surface area contributed by atoms with Crippen molar-refractivity contribution in [3.8, 4) is 11.1 Å². The standard InChI is InChI=1S/C33H45NO10/c1-3-32(35)43-25-24-42-23-22-41-21-20-40-19-18-39-17-16-38-15-14-37-13-12-34(2)33(36)44-26-31-29-10-6-4-8-27(29)28-9-5-7-11-30(28)31/h3-11,31H,1,12-26H2,2H3. The molecule has 11 heteroatoms. The molecule has 1 aliphatic carbocycles. The molecule has 0 saturated heterocycles. The minimum Gasteiger partial charge on any atom is -0.460 e. The molecule has 1 aliphatic rings. The number of likely N-dealkylation sites (N-methyl/N-ethyl adjacent to an activating group) is 1. The van der Waals surface area contributed by atoms with Crippen LogP contribution in [0.3, 0.4) is 0 Å². The molecule has 0 radical (unpaired) electrons. The summed E-state index contributed by atoms with van der Waals surface area (Å²) in [6.07, 6.45) is 0.744. The van der Waals surface area contributed by atoms with Gasteiger partial charge in [-0.15, -0.1) is 0 Å². The zero-order valence-electron chi connectivity index (χ0n) is 25.6. The molecule has 0 bridgehead atoms. The maximum Gasteiger partial charge on any atom is 0.409 e. The molecule has 11 nitrogen and oxygen atoms in total. The Bertz CT molecular complexity index is 1080. The highest BCUT2D eigenvalue weighted by Crippen LogP contribution is 2.44. The summed E-state index contributed by atoms with van der Waals surface area (Å²) in [6.45, 7) is 9.42. The topological polar surface area (TPSA) is 111 Å². The number of hydrogen-bond acceptors (Lipinski definition) is 10. The molecule has 0 saturated carbocycles. The van der Waals surface area contributed by atoms with Crippen LogP contribution in [0.4, 0.5) is 4.79 Å². The van der Waals surface area contributed by atoms with Gasteiger partial charge >= 0.3 is 12.1 Å². The quantitative estimate of drug-likeness (QED) is 0.0985. The third-order valence-electron chi connectivity index (χ3n) is 6.72. The lowest BCUT2D eigenvalue weighted by atomic mass is 9.98. The van der Waals surface area contributed by atoms with E-state index in [0.29, 0.717) is 92.4 Å².